The smallest absolute Gasteiger partial charge is 0.167 e. The van der Waals surface area contributed by atoms with E-state index in [2.05, 4.69) is 178 Å². The lowest BCUT2D eigenvalue weighted by molar-refractivity contribution is 0.512. The van der Waals surface area contributed by atoms with Crippen LogP contribution in [-0.2, 0) is 5.41 Å². The first-order valence-corrected chi connectivity index (χ1v) is 24.6. The van der Waals surface area contributed by atoms with E-state index in [1.54, 1.807) is 0 Å². The molecule has 314 valence electrons. The van der Waals surface area contributed by atoms with Crippen LogP contribution in [-0.4, -0.2) is 19.5 Å². The first-order chi connectivity index (χ1) is 32.3. The lowest BCUT2D eigenvalue weighted by atomic mass is 9.60. The maximum atomic E-state index is 7.20. The molecule has 0 saturated heterocycles. The predicted octanol–water partition coefficient (Wildman–Crippen LogP) is 16.4. The topological polar surface area (TPSA) is 56.7 Å². The highest BCUT2D eigenvalue weighted by Crippen LogP contribution is 2.58. The van der Waals surface area contributed by atoms with Crippen molar-refractivity contribution in [3.63, 3.8) is 0 Å². The second-order valence-corrected chi connectivity index (χ2v) is 20.9. The Morgan fingerprint density at radius 2 is 1.26 bits per heavy atom. The van der Waals surface area contributed by atoms with Gasteiger partial charge in [0.1, 0.15) is 11.4 Å². The van der Waals surface area contributed by atoms with Crippen LogP contribution >= 0.6 is 22.7 Å². The van der Waals surface area contributed by atoms with Crippen molar-refractivity contribution in [2.45, 2.75) is 44.9 Å². The molecule has 7 heteroatoms. The van der Waals surface area contributed by atoms with Crippen LogP contribution in [0, 0.1) is 5.92 Å². The number of hydrogen-bond donors (Lipinski definition) is 0. The molecule has 0 N–H and O–H groups in total. The number of nitrogens with zero attached hydrogens (tertiary/aromatic N) is 4. The Morgan fingerprint density at radius 3 is 2.12 bits per heavy atom. The number of aromatic nitrogens is 4. The second kappa shape index (κ2) is 13.0. The normalized spacial score (nSPS) is 19.9. The van der Waals surface area contributed by atoms with Gasteiger partial charge in [0.25, 0.3) is 0 Å². The van der Waals surface area contributed by atoms with E-state index in [0.717, 1.165) is 44.6 Å². The Bertz CT molecular complexity index is 4200. The predicted molar refractivity (Wildman–Crippen MR) is 276 cm³/mol. The third kappa shape index (κ3) is 4.71. The average Bonchev–Trinajstić information content (AvgIpc) is 4.13. The number of para-hydroxylation sites is 2. The molecule has 5 aromatic heterocycles. The standard InChI is InChI=1S/C59H40N4OS2/c1-30-27-28-59(4)49-32(3)50-48(31(2)47(30)49)43-29-34(35-16-10-19-39-41-25-24-40-36-15-8-9-22-46(36)65-54(40)55(41)66-53(35)39)23-26-44(43)63(50)45-21-12-18-38-37-17-11-20-42(51(37)64-52(38)45)57-60-56(61-58(59)62-57)33-13-6-5-7-14-33/h5-32H,1-4H3. The summed E-state index contributed by atoms with van der Waals surface area (Å²) in [4.78, 5) is 16.1. The summed E-state index contributed by atoms with van der Waals surface area (Å²) in [6, 6.07) is 51.0. The second-order valence-electron chi connectivity index (χ2n) is 18.8. The minimum Gasteiger partial charge on any atom is -0.453 e. The third-order valence-corrected chi connectivity index (χ3v) is 17.9. The highest BCUT2D eigenvalue weighted by atomic mass is 32.1. The Morgan fingerprint density at radius 1 is 0.561 bits per heavy atom. The van der Waals surface area contributed by atoms with E-state index >= 15 is 0 Å². The molecule has 4 atom stereocenters. The Kier molecular flexibility index (Phi) is 7.30. The zero-order valence-corrected chi connectivity index (χ0v) is 38.3. The van der Waals surface area contributed by atoms with Gasteiger partial charge in [0.05, 0.1) is 31.6 Å². The van der Waals surface area contributed by atoms with Gasteiger partial charge in [-0.05, 0) is 65.4 Å². The van der Waals surface area contributed by atoms with Gasteiger partial charge in [-0.2, -0.15) is 0 Å². The van der Waals surface area contributed by atoms with Crippen LogP contribution in [0.5, 0.6) is 0 Å². The highest BCUT2D eigenvalue weighted by molar-refractivity contribution is 7.33. The zero-order valence-electron chi connectivity index (χ0n) is 36.7. The Balaban J connectivity index is 1.03. The summed E-state index contributed by atoms with van der Waals surface area (Å²) in [5, 5.41) is 8.75. The zero-order chi connectivity index (χ0) is 43.7. The van der Waals surface area contributed by atoms with E-state index in [1.165, 1.54) is 84.8 Å². The van der Waals surface area contributed by atoms with Gasteiger partial charge in [0, 0.05) is 70.2 Å². The summed E-state index contributed by atoms with van der Waals surface area (Å²) >= 11 is 3.86. The van der Waals surface area contributed by atoms with Gasteiger partial charge < -0.3 is 8.98 Å². The van der Waals surface area contributed by atoms with Crippen molar-refractivity contribution in [2.75, 3.05) is 0 Å². The number of thiophene rings is 2. The molecule has 0 fully saturated rings. The summed E-state index contributed by atoms with van der Waals surface area (Å²) in [5.74, 6) is 2.40. The van der Waals surface area contributed by atoms with Gasteiger partial charge in [-0.15, -0.1) is 22.7 Å². The lowest BCUT2D eigenvalue weighted by Gasteiger charge is -2.44. The summed E-state index contributed by atoms with van der Waals surface area (Å²) < 4.78 is 15.2. The summed E-state index contributed by atoms with van der Waals surface area (Å²) in [6.45, 7) is 9.56. The van der Waals surface area contributed by atoms with E-state index in [9.17, 15) is 0 Å². The molecule has 0 amide bonds. The maximum Gasteiger partial charge on any atom is 0.167 e. The van der Waals surface area contributed by atoms with E-state index in [4.69, 9.17) is 19.4 Å². The van der Waals surface area contributed by atoms with Crippen molar-refractivity contribution in [3.8, 4) is 39.6 Å². The molecule has 1 aliphatic heterocycles. The fraction of sp³-hybridized carbons (Fsp3) is 0.136. The Hall–Kier alpha value is -7.19. The van der Waals surface area contributed by atoms with Crippen LogP contribution in [0.4, 0.5) is 0 Å². The molecule has 0 saturated carbocycles. The van der Waals surface area contributed by atoms with E-state index in [1.807, 2.05) is 28.7 Å². The molecule has 12 aromatic rings. The molecule has 6 bridgehead atoms. The van der Waals surface area contributed by atoms with Crippen LogP contribution < -0.4 is 0 Å². The summed E-state index contributed by atoms with van der Waals surface area (Å²) in [6.07, 6.45) is 4.78. The maximum absolute atomic E-state index is 7.20. The van der Waals surface area contributed by atoms with Crippen LogP contribution in [0.25, 0.3) is 113 Å². The number of furan rings is 1. The van der Waals surface area contributed by atoms with Gasteiger partial charge in [0.2, 0.25) is 0 Å². The molecule has 4 unspecified atom stereocenters. The van der Waals surface area contributed by atoms with Gasteiger partial charge in [0.15, 0.2) is 17.2 Å². The van der Waals surface area contributed by atoms with E-state index in [-0.39, 0.29) is 17.8 Å². The van der Waals surface area contributed by atoms with E-state index in [0.29, 0.717) is 11.6 Å². The number of benzene rings is 7. The SMILES string of the molecule is CC1C=CC2(C)C3=C1C(C)c1c(n(c4ccc(-c5cccc6c5sc5c6ccc6c7ccccc7sc65)cc14)-c1cccc4c1oc1c(cccc14)-c1nc(-c4ccccc4)nc2n1)C3C. The van der Waals surface area contributed by atoms with Crippen LogP contribution in [0.15, 0.2) is 167 Å². The molecular formula is C59H40N4OS2. The first-order valence-electron chi connectivity index (χ1n) is 23.0. The summed E-state index contributed by atoms with van der Waals surface area (Å²) in [7, 11) is 0. The molecule has 15 rings (SSSR count). The van der Waals surface area contributed by atoms with Gasteiger partial charge in [-0.3, -0.25) is 0 Å². The molecule has 5 nitrogen and oxygen atoms in total. The molecule has 2 aliphatic carbocycles. The third-order valence-electron chi connectivity index (χ3n) is 15.3. The van der Waals surface area contributed by atoms with Crippen molar-refractivity contribution in [1.82, 2.24) is 19.5 Å². The molecule has 3 aliphatic rings. The Labute approximate surface area is 388 Å². The minimum atomic E-state index is -0.612. The largest absolute Gasteiger partial charge is 0.453 e. The monoisotopic (exact) mass is 884 g/mol. The van der Waals surface area contributed by atoms with Crippen molar-refractivity contribution in [1.29, 1.82) is 0 Å². The molecule has 0 radical (unpaired) electrons. The van der Waals surface area contributed by atoms with E-state index < -0.39 is 5.41 Å². The number of allylic oxidation sites excluding steroid dienone is 4. The quantitative estimate of drug-likeness (QED) is 0.162. The van der Waals surface area contributed by atoms with Crippen molar-refractivity contribution in [2.24, 2.45) is 5.92 Å². The number of fused-ring (bicyclic) bond motifs is 16. The fourth-order valence-electron chi connectivity index (χ4n) is 12.4. The molecular weight excluding hydrogens is 845 g/mol. The minimum absolute atomic E-state index is 0.0160. The number of rotatable bonds is 2. The van der Waals surface area contributed by atoms with Gasteiger partial charge in [-0.25, -0.2) is 15.0 Å². The van der Waals surface area contributed by atoms with Crippen molar-refractivity contribution in [3.05, 3.63) is 180 Å². The lowest BCUT2D eigenvalue weighted by Crippen LogP contribution is -2.37. The average molecular weight is 885 g/mol. The number of hydrogen-bond acceptors (Lipinski definition) is 6. The van der Waals surface area contributed by atoms with Crippen LogP contribution in [0.1, 0.15) is 56.6 Å². The fourth-order valence-corrected chi connectivity index (χ4v) is 15.1. The molecule has 6 heterocycles. The molecule has 7 aromatic carbocycles. The van der Waals surface area contributed by atoms with Crippen molar-refractivity contribution >= 4 is 95.9 Å². The van der Waals surface area contributed by atoms with Crippen LogP contribution in [0.2, 0.25) is 0 Å². The van der Waals surface area contributed by atoms with Crippen molar-refractivity contribution < 1.29 is 4.42 Å². The summed E-state index contributed by atoms with van der Waals surface area (Å²) in [5.41, 5.74) is 13.1. The highest BCUT2D eigenvalue weighted by Gasteiger charge is 2.47. The van der Waals surface area contributed by atoms with Gasteiger partial charge in [-0.1, -0.05) is 148 Å². The first kappa shape index (κ1) is 37.1. The molecule has 0 spiro atoms. The van der Waals surface area contributed by atoms with Crippen LogP contribution in [0.3, 0.4) is 0 Å². The van der Waals surface area contributed by atoms with Gasteiger partial charge >= 0.3 is 0 Å². The molecule has 66 heavy (non-hydrogen) atoms.